The van der Waals surface area contributed by atoms with E-state index in [0.717, 1.165) is 22.4 Å². The second-order valence-electron chi connectivity index (χ2n) is 6.08. The average molecular weight is 390 g/mol. The number of ether oxygens (including phenoxy) is 1. The third kappa shape index (κ3) is 4.02. The van der Waals surface area contributed by atoms with Crippen LogP contribution in [-0.4, -0.2) is 18.0 Å². The standard InChI is InChI=1S/C22H18N2O3S/c1-26-17-12-10-16(11-13-17)23-21(25)18-7-3-2-6-15(18)14-28-22-24-19-8-4-5-9-20(19)27-22/h2-13H,14H2,1H3,(H,23,25). The topological polar surface area (TPSA) is 64.4 Å². The number of rotatable bonds is 6. The highest BCUT2D eigenvalue weighted by Gasteiger charge is 2.13. The summed E-state index contributed by atoms with van der Waals surface area (Å²) in [5, 5.41) is 3.52. The predicted octanol–water partition coefficient (Wildman–Crippen LogP) is 5.38. The number of thioether (sulfide) groups is 1. The second kappa shape index (κ2) is 8.19. The summed E-state index contributed by atoms with van der Waals surface area (Å²) in [5.74, 6) is 1.17. The van der Waals surface area contributed by atoms with Crippen LogP contribution in [0.15, 0.2) is 82.4 Å². The van der Waals surface area contributed by atoms with E-state index in [0.29, 0.717) is 22.2 Å². The number of carbonyl (C=O) groups excluding carboxylic acids is 1. The maximum Gasteiger partial charge on any atom is 0.257 e. The fourth-order valence-corrected chi connectivity index (χ4v) is 3.64. The van der Waals surface area contributed by atoms with Crippen molar-refractivity contribution in [2.24, 2.45) is 0 Å². The first-order valence-corrected chi connectivity index (χ1v) is 9.73. The van der Waals surface area contributed by atoms with Crippen LogP contribution < -0.4 is 10.1 Å². The van der Waals surface area contributed by atoms with Crippen LogP contribution in [0.1, 0.15) is 15.9 Å². The second-order valence-corrected chi connectivity index (χ2v) is 7.00. The highest BCUT2D eigenvalue weighted by molar-refractivity contribution is 7.98. The van der Waals surface area contributed by atoms with Gasteiger partial charge in [0.1, 0.15) is 11.3 Å². The Morgan fingerprint density at radius 2 is 1.79 bits per heavy atom. The van der Waals surface area contributed by atoms with E-state index in [1.54, 1.807) is 7.11 Å². The Balaban J connectivity index is 1.48. The van der Waals surface area contributed by atoms with E-state index in [2.05, 4.69) is 10.3 Å². The molecule has 1 heterocycles. The molecular weight excluding hydrogens is 372 g/mol. The monoisotopic (exact) mass is 390 g/mol. The van der Waals surface area contributed by atoms with E-state index in [4.69, 9.17) is 9.15 Å². The Bertz CT molecular complexity index is 1070. The first-order valence-electron chi connectivity index (χ1n) is 8.74. The normalized spacial score (nSPS) is 10.8. The fraction of sp³-hybridized carbons (Fsp3) is 0.0909. The van der Waals surface area contributed by atoms with Crippen molar-refractivity contribution in [3.63, 3.8) is 0 Å². The number of benzene rings is 3. The van der Waals surface area contributed by atoms with Crippen molar-refractivity contribution in [2.45, 2.75) is 11.0 Å². The van der Waals surface area contributed by atoms with Gasteiger partial charge in [0.25, 0.3) is 11.1 Å². The Kier molecular flexibility index (Phi) is 5.30. The number of hydrogen-bond donors (Lipinski definition) is 1. The van der Waals surface area contributed by atoms with Gasteiger partial charge in [-0.1, -0.05) is 42.1 Å². The highest BCUT2D eigenvalue weighted by atomic mass is 32.2. The number of oxazole rings is 1. The largest absolute Gasteiger partial charge is 0.497 e. The number of aromatic nitrogens is 1. The number of hydrogen-bond acceptors (Lipinski definition) is 5. The van der Waals surface area contributed by atoms with Crippen molar-refractivity contribution >= 4 is 34.5 Å². The molecule has 0 radical (unpaired) electrons. The molecular formula is C22H18N2O3S. The summed E-state index contributed by atoms with van der Waals surface area (Å²) in [7, 11) is 1.61. The third-order valence-electron chi connectivity index (χ3n) is 4.24. The molecule has 1 aromatic heterocycles. The van der Waals surface area contributed by atoms with Crippen LogP contribution in [0.4, 0.5) is 5.69 Å². The zero-order chi connectivity index (χ0) is 19.3. The first kappa shape index (κ1) is 18.1. The number of para-hydroxylation sites is 2. The Morgan fingerprint density at radius 1 is 1.04 bits per heavy atom. The van der Waals surface area contributed by atoms with E-state index >= 15 is 0 Å². The Labute approximate surface area is 166 Å². The van der Waals surface area contributed by atoms with Gasteiger partial charge in [-0.15, -0.1) is 0 Å². The van der Waals surface area contributed by atoms with Crippen LogP contribution in [0.2, 0.25) is 0 Å². The van der Waals surface area contributed by atoms with Crippen molar-refractivity contribution in [2.75, 3.05) is 12.4 Å². The summed E-state index contributed by atoms with van der Waals surface area (Å²) in [6.45, 7) is 0. The molecule has 3 aromatic carbocycles. The van der Waals surface area contributed by atoms with Gasteiger partial charge in [0.2, 0.25) is 0 Å². The quantitative estimate of drug-likeness (QED) is 0.448. The number of anilines is 1. The lowest BCUT2D eigenvalue weighted by Crippen LogP contribution is -2.13. The number of nitrogens with one attached hydrogen (secondary N) is 1. The summed E-state index contributed by atoms with van der Waals surface area (Å²) in [4.78, 5) is 17.2. The molecule has 0 unspecified atom stereocenters. The van der Waals surface area contributed by atoms with Crippen LogP contribution in [0.3, 0.4) is 0 Å². The van der Waals surface area contributed by atoms with Gasteiger partial charge in [-0.2, -0.15) is 0 Å². The number of amides is 1. The molecule has 0 atom stereocenters. The maximum atomic E-state index is 12.8. The van der Waals surface area contributed by atoms with E-state index in [1.807, 2.05) is 72.8 Å². The SMILES string of the molecule is COc1ccc(NC(=O)c2ccccc2CSc2nc3ccccc3o2)cc1. The number of fused-ring (bicyclic) bond motifs is 1. The van der Waals surface area contributed by atoms with Gasteiger partial charge >= 0.3 is 0 Å². The van der Waals surface area contributed by atoms with Crippen LogP contribution >= 0.6 is 11.8 Å². The first-order chi connectivity index (χ1) is 13.7. The van der Waals surface area contributed by atoms with Gasteiger partial charge in [0.05, 0.1) is 7.11 Å². The van der Waals surface area contributed by atoms with Crippen molar-refractivity contribution in [1.82, 2.24) is 4.98 Å². The molecule has 6 heteroatoms. The van der Waals surface area contributed by atoms with Crippen LogP contribution in [0.5, 0.6) is 5.75 Å². The van der Waals surface area contributed by atoms with Crippen LogP contribution in [0, 0.1) is 0 Å². The zero-order valence-corrected chi connectivity index (χ0v) is 16.0. The number of carbonyl (C=O) groups is 1. The minimum Gasteiger partial charge on any atom is -0.497 e. The van der Waals surface area contributed by atoms with Crippen molar-refractivity contribution in [3.05, 3.63) is 83.9 Å². The van der Waals surface area contributed by atoms with Gasteiger partial charge in [-0.05, 0) is 48.0 Å². The van der Waals surface area contributed by atoms with Gasteiger partial charge in [0, 0.05) is 17.0 Å². The molecule has 0 fully saturated rings. The predicted molar refractivity (Wildman–Crippen MR) is 111 cm³/mol. The lowest BCUT2D eigenvalue weighted by atomic mass is 10.1. The van der Waals surface area contributed by atoms with Crippen molar-refractivity contribution in [1.29, 1.82) is 0 Å². The number of nitrogens with zero attached hydrogens (tertiary/aromatic N) is 1. The molecule has 0 aliphatic rings. The average Bonchev–Trinajstić information content (AvgIpc) is 3.16. The van der Waals surface area contributed by atoms with Gasteiger partial charge < -0.3 is 14.5 Å². The number of methoxy groups -OCH3 is 1. The van der Waals surface area contributed by atoms with E-state index in [9.17, 15) is 4.79 Å². The molecule has 1 N–H and O–H groups in total. The highest BCUT2D eigenvalue weighted by Crippen LogP contribution is 2.27. The molecule has 0 aliphatic carbocycles. The molecule has 4 rings (SSSR count). The molecule has 1 amide bonds. The molecule has 0 saturated heterocycles. The van der Waals surface area contributed by atoms with Gasteiger partial charge in [-0.3, -0.25) is 4.79 Å². The molecule has 0 spiro atoms. The van der Waals surface area contributed by atoms with E-state index < -0.39 is 0 Å². The van der Waals surface area contributed by atoms with E-state index in [-0.39, 0.29) is 5.91 Å². The van der Waals surface area contributed by atoms with Crippen LogP contribution in [0.25, 0.3) is 11.1 Å². The summed E-state index contributed by atoms with van der Waals surface area (Å²) >= 11 is 1.47. The molecule has 5 nitrogen and oxygen atoms in total. The molecule has 0 aliphatic heterocycles. The lowest BCUT2D eigenvalue weighted by Gasteiger charge is -2.10. The summed E-state index contributed by atoms with van der Waals surface area (Å²) in [6, 6.07) is 22.4. The molecule has 28 heavy (non-hydrogen) atoms. The molecule has 0 saturated carbocycles. The molecule has 4 aromatic rings. The van der Waals surface area contributed by atoms with E-state index in [1.165, 1.54) is 11.8 Å². The molecule has 0 bridgehead atoms. The summed E-state index contributed by atoms with van der Waals surface area (Å²) < 4.78 is 10.9. The van der Waals surface area contributed by atoms with Crippen molar-refractivity contribution < 1.29 is 13.9 Å². The minimum atomic E-state index is -0.154. The fourth-order valence-electron chi connectivity index (χ4n) is 2.79. The summed E-state index contributed by atoms with van der Waals surface area (Å²) in [6.07, 6.45) is 0. The van der Waals surface area contributed by atoms with Gasteiger partial charge in [0.15, 0.2) is 5.58 Å². The minimum absolute atomic E-state index is 0.154. The third-order valence-corrected chi connectivity index (χ3v) is 5.11. The Morgan fingerprint density at radius 3 is 2.57 bits per heavy atom. The lowest BCUT2D eigenvalue weighted by molar-refractivity contribution is 0.102. The van der Waals surface area contributed by atoms with Crippen LogP contribution in [-0.2, 0) is 5.75 Å². The maximum absolute atomic E-state index is 12.8. The van der Waals surface area contributed by atoms with Gasteiger partial charge in [-0.25, -0.2) is 4.98 Å². The van der Waals surface area contributed by atoms with Crippen molar-refractivity contribution in [3.8, 4) is 5.75 Å². The summed E-state index contributed by atoms with van der Waals surface area (Å²) in [5.41, 5.74) is 3.85. The Hall–Kier alpha value is -3.25. The molecule has 140 valence electrons. The zero-order valence-electron chi connectivity index (χ0n) is 15.2. The smallest absolute Gasteiger partial charge is 0.257 e.